The highest BCUT2D eigenvalue weighted by Crippen LogP contribution is 2.27. The molecule has 0 atom stereocenters. The van der Waals surface area contributed by atoms with E-state index >= 15 is 0 Å². The summed E-state index contributed by atoms with van der Waals surface area (Å²) < 4.78 is 159. The van der Waals surface area contributed by atoms with Crippen molar-refractivity contribution in [1.82, 2.24) is 25.5 Å². The maximum Gasteiger partial charge on any atom is 0.315 e. The van der Waals surface area contributed by atoms with E-state index in [1.165, 1.54) is 12.1 Å². The molecule has 304 valence electrons. The second kappa shape index (κ2) is 18.3. The van der Waals surface area contributed by atoms with E-state index in [4.69, 9.17) is 4.42 Å². The number of hydrogen-bond donors (Lipinski definition) is 1. The largest absolute Gasteiger partial charge is 0.415 e. The molecule has 1 N–H and O–H groups in total. The maximum atomic E-state index is 14.5. The zero-order valence-corrected chi connectivity index (χ0v) is 30.7. The minimum Gasteiger partial charge on any atom is -0.415 e. The Morgan fingerprint density at radius 2 is 1.23 bits per heavy atom. The Morgan fingerprint density at radius 3 is 1.65 bits per heavy atom. The van der Waals surface area contributed by atoms with Crippen LogP contribution in [0.5, 0.6) is 0 Å². The number of halogens is 8. The number of ketones is 1. The van der Waals surface area contributed by atoms with E-state index in [2.05, 4.69) is 20.2 Å². The van der Waals surface area contributed by atoms with Crippen LogP contribution in [0.15, 0.2) is 77.7 Å². The number of carbonyl (C=O) groups excluding carboxylic acids is 2. The van der Waals surface area contributed by atoms with Crippen molar-refractivity contribution in [1.29, 1.82) is 0 Å². The van der Waals surface area contributed by atoms with Gasteiger partial charge in [-0.3, -0.25) is 28.2 Å². The van der Waals surface area contributed by atoms with E-state index in [-0.39, 0.29) is 39.5 Å². The van der Waals surface area contributed by atoms with Gasteiger partial charge in [0.25, 0.3) is 11.8 Å². The summed E-state index contributed by atoms with van der Waals surface area (Å²) in [4.78, 5) is 29.8. The van der Waals surface area contributed by atoms with Gasteiger partial charge in [0.1, 0.15) is 23.3 Å². The van der Waals surface area contributed by atoms with E-state index < -0.39 is 93.4 Å². The molecule has 57 heavy (non-hydrogen) atoms. The van der Waals surface area contributed by atoms with Crippen LogP contribution in [0.3, 0.4) is 0 Å². The summed E-state index contributed by atoms with van der Waals surface area (Å²) in [7, 11) is -7.81. The number of Topliss-reactive ketones (excluding diaryl/α,β-unsaturated/α-hetero) is 1. The van der Waals surface area contributed by atoms with Gasteiger partial charge in [0, 0.05) is 34.4 Å². The van der Waals surface area contributed by atoms with Crippen molar-refractivity contribution in [2.24, 2.45) is 0 Å². The molecule has 1 amide bonds. The quantitative estimate of drug-likeness (QED) is 0.114. The highest BCUT2D eigenvalue weighted by atomic mass is 32.2. The molecule has 14 nitrogen and oxygen atoms in total. The van der Waals surface area contributed by atoms with Gasteiger partial charge in [-0.25, -0.2) is 34.4 Å². The Morgan fingerprint density at radius 1 is 0.719 bits per heavy atom. The fourth-order valence-corrected chi connectivity index (χ4v) is 6.34. The summed E-state index contributed by atoms with van der Waals surface area (Å²) in [6, 6.07) is 8.42. The van der Waals surface area contributed by atoms with Crippen LogP contribution in [0, 0.1) is 23.3 Å². The molecule has 0 aliphatic rings. The first-order valence-corrected chi connectivity index (χ1v) is 19.3. The monoisotopic (exact) mass is 849 g/mol. The van der Waals surface area contributed by atoms with Gasteiger partial charge < -0.3 is 9.73 Å². The van der Waals surface area contributed by atoms with E-state index in [0.29, 0.717) is 0 Å². The number of benzene rings is 2. The second-order valence-corrected chi connectivity index (χ2v) is 15.4. The normalized spacial score (nSPS) is 11.6. The van der Waals surface area contributed by atoms with Gasteiger partial charge in [-0.15, -0.1) is 10.2 Å². The first kappa shape index (κ1) is 43.7. The molecule has 0 aliphatic carbocycles. The lowest BCUT2D eigenvalue weighted by Gasteiger charge is -2.22. The van der Waals surface area contributed by atoms with Gasteiger partial charge in [-0.2, -0.15) is 17.6 Å². The summed E-state index contributed by atoms with van der Waals surface area (Å²) in [6.07, 6.45) is -0.537. The van der Waals surface area contributed by atoms with Crippen LogP contribution >= 0.6 is 0 Å². The van der Waals surface area contributed by atoms with Crippen LogP contribution < -0.4 is 13.9 Å². The lowest BCUT2D eigenvalue weighted by Crippen LogP contribution is -2.34. The molecule has 0 unspecified atom stereocenters. The van der Waals surface area contributed by atoms with E-state index in [1.807, 2.05) is 0 Å². The molecule has 2 aromatic carbocycles. The average Bonchev–Trinajstić information content (AvgIpc) is 3.63. The van der Waals surface area contributed by atoms with Crippen molar-refractivity contribution in [3.8, 4) is 11.5 Å². The number of nitrogens with zero attached hydrogens (tertiary/aromatic N) is 6. The molecule has 0 radical (unpaired) electrons. The number of sulfonamides is 2. The predicted octanol–water partition coefficient (Wildman–Crippen LogP) is 5.20. The standard InChI is InChI=1S/C17H15F4N3O4S.C16H12F4N4O3S/c1-29(27,28)24(13-5-12(18)6-22-7-13)9-11-3-2-10(4-14(11)19)15(25)8-23-17(26)16(20)21;1-28(25,26)24(12-5-11(17)6-21-7-12)8-10-3-2-9(4-13(10)18)15-22-23-16(27-15)14(19)20/h2-7,16H,8-9H2,1H3,(H,23,26);2-7,14H,8H2,1H3. The van der Waals surface area contributed by atoms with Gasteiger partial charge in [0.2, 0.25) is 25.9 Å². The van der Waals surface area contributed by atoms with Crippen molar-refractivity contribution in [2.75, 3.05) is 27.7 Å². The van der Waals surface area contributed by atoms with Crippen LogP contribution in [0.1, 0.15) is 33.8 Å². The Kier molecular flexibility index (Phi) is 14.0. The molecule has 0 saturated heterocycles. The number of pyridine rings is 2. The minimum atomic E-state index is -3.93. The zero-order valence-electron chi connectivity index (χ0n) is 29.1. The third-order valence-corrected chi connectivity index (χ3v) is 9.59. The molecule has 3 heterocycles. The number of nitrogens with one attached hydrogen (secondary N) is 1. The van der Waals surface area contributed by atoms with Gasteiger partial charge in [-0.1, -0.05) is 18.2 Å². The van der Waals surface area contributed by atoms with Crippen LogP contribution in [-0.4, -0.2) is 74.2 Å². The lowest BCUT2D eigenvalue weighted by atomic mass is 10.1. The molecule has 0 bridgehead atoms. The molecule has 5 rings (SSSR count). The van der Waals surface area contributed by atoms with Gasteiger partial charge in [-0.05, 0) is 18.2 Å². The van der Waals surface area contributed by atoms with E-state index in [0.717, 1.165) is 82.3 Å². The van der Waals surface area contributed by atoms with Gasteiger partial charge >= 0.3 is 12.9 Å². The summed E-state index contributed by atoms with van der Waals surface area (Å²) in [6.45, 7) is -1.71. The topological polar surface area (TPSA) is 186 Å². The van der Waals surface area contributed by atoms with Crippen LogP contribution in [0.25, 0.3) is 11.5 Å². The lowest BCUT2D eigenvalue weighted by molar-refractivity contribution is -0.131. The van der Waals surface area contributed by atoms with E-state index in [9.17, 15) is 61.5 Å². The SMILES string of the molecule is CS(=O)(=O)N(Cc1ccc(-c2nnc(C(F)F)o2)cc1F)c1cncc(F)c1.CS(=O)(=O)N(Cc1ccc(C(=O)CNC(=O)C(F)F)cc1F)c1cncc(F)c1. The summed E-state index contributed by atoms with van der Waals surface area (Å²) in [5, 5.41) is 8.27. The van der Waals surface area contributed by atoms with E-state index in [1.54, 1.807) is 5.32 Å². The summed E-state index contributed by atoms with van der Waals surface area (Å²) >= 11 is 0. The molecule has 5 aromatic rings. The highest BCUT2D eigenvalue weighted by Gasteiger charge is 2.24. The smallest absolute Gasteiger partial charge is 0.315 e. The minimum absolute atomic E-state index is 0.0407. The number of rotatable bonds is 14. The third-order valence-electron chi connectivity index (χ3n) is 7.31. The van der Waals surface area contributed by atoms with Gasteiger partial charge in [0.05, 0.1) is 68.3 Å². The first-order chi connectivity index (χ1) is 26.6. The number of alkyl halides is 4. The predicted molar refractivity (Wildman–Crippen MR) is 185 cm³/mol. The average molecular weight is 850 g/mol. The van der Waals surface area contributed by atoms with Crippen LogP contribution in [-0.2, 0) is 37.9 Å². The first-order valence-electron chi connectivity index (χ1n) is 15.6. The molecular weight excluding hydrogens is 823 g/mol. The Balaban J connectivity index is 0.000000253. The number of amides is 1. The van der Waals surface area contributed by atoms with Crippen molar-refractivity contribution >= 4 is 43.1 Å². The molecule has 0 aliphatic heterocycles. The summed E-state index contributed by atoms with van der Waals surface area (Å²) in [5.41, 5.74) is -0.552. The summed E-state index contributed by atoms with van der Waals surface area (Å²) in [5.74, 6) is -7.00. The number of carbonyl (C=O) groups is 2. The molecular formula is C33H27F8N7O7S2. The van der Waals surface area contributed by atoms with Crippen molar-refractivity contribution in [3.05, 3.63) is 119 Å². The zero-order chi connectivity index (χ0) is 42.2. The fraction of sp³-hybridized carbons (Fsp3) is 0.212. The maximum absolute atomic E-state index is 14.5. The second-order valence-electron chi connectivity index (χ2n) is 11.6. The molecule has 0 saturated carbocycles. The van der Waals surface area contributed by atoms with Crippen LogP contribution in [0.4, 0.5) is 46.5 Å². The molecule has 24 heteroatoms. The van der Waals surface area contributed by atoms with Crippen molar-refractivity contribution < 1.29 is 66.0 Å². The van der Waals surface area contributed by atoms with Gasteiger partial charge in [0.15, 0.2) is 5.78 Å². The number of anilines is 2. The number of hydrogen-bond acceptors (Lipinski definition) is 11. The Labute approximate surface area is 318 Å². The third kappa shape index (κ3) is 12.0. The Bertz CT molecular complexity index is 2480. The molecule has 0 fully saturated rings. The number of aromatic nitrogens is 4. The molecule has 0 spiro atoms. The highest BCUT2D eigenvalue weighted by molar-refractivity contribution is 7.92. The fourth-order valence-electron chi connectivity index (χ4n) is 4.63. The van der Waals surface area contributed by atoms with Crippen molar-refractivity contribution in [2.45, 2.75) is 25.9 Å². The van der Waals surface area contributed by atoms with Crippen molar-refractivity contribution in [3.63, 3.8) is 0 Å². The Hall–Kier alpha value is -6.04. The molecule has 3 aromatic heterocycles. The van der Waals surface area contributed by atoms with Crippen LogP contribution in [0.2, 0.25) is 0 Å².